The van der Waals surface area contributed by atoms with Crippen molar-refractivity contribution in [3.63, 3.8) is 0 Å². The molecule has 3 rings (SSSR count). The van der Waals surface area contributed by atoms with Crippen LogP contribution in [-0.2, 0) is 17.8 Å². The molecule has 4 N–H and O–H groups in total. The molecule has 0 atom stereocenters. The lowest BCUT2D eigenvalue weighted by molar-refractivity contribution is -0.116. The van der Waals surface area contributed by atoms with E-state index in [0.29, 0.717) is 18.7 Å². The van der Waals surface area contributed by atoms with Gasteiger partial charge in [0, 0.05) is 23.7 Å². The van der Waals surface area contributed by atoms with Gasteiger partial charge in [0.1, 0.15) is 0 Å². The molecule has 1 aliphatic heterocycles. The highest BCUT2D eigenvalue weighted by Crippen LogP contribution is 2.31. The summed E-state index contributed by atoms with van der Waals surface area (Å²) in [5.41, 5.74) is 10.6. The fourth-order valence-electron chi connectivity index (χ4n) is 2.40. The second-order valence-corrected chi connectivity index (χ2v) is 5.56. The van der Waals surface area contributed by atoms with Gasteiger partial charge in [-0.15, -0.1) is 0 Å². The summed E-state index contributed by atoms with van der Waals surface area (Å²) in [6.07, 6.45) is 1.27. The Morgan fingerprint density at radius 1 is 1.19 bits per heavy atom. The summed E-state index contributed by atoms with van der Waals surface area (Å²) in [5, 5.41) is 6.90. The second kappa shape index (κ2) is 5.66. The predicted molar refractivity (Wildman–Crippen MR) is 86.6 cm³/mol. The highest BCUT2D eigenvalue weighted by Gasteiger charge is 2.16. The molecule has 1 heterocycles. The van der Waals surface area contributed by atoms with Gasteiger partial charge in [0.05, 0.1) is 11.4 Å². The second-order valence-electron chi connectivity index (χ2n) is 5.12. The van der Waals surface area contributed by atoms with Crippen LogP contribution in [0.25, 0.3) is 0 Å². The van der Waals surface area contributed by atoms with Crippen LogP contribution in [0.15, 0.2) is 36.4 Å². The van der Waals surface area contributed by atoms with Gasteiger partial charge in [0.25, 0.3) is 0 Å². The van der Waals surface area contributed by atoms with Crippen LogP contribution in [0.3, 0.4) is 0 Å². The van der Waals surface area contributed by atoms with Crippen molar-refractivity contribution in [2.45, 2.75) is 19.4 Å². The fourth-order valence-corrected chi connectivity index (χ4v) is 2.52. The molecule has 1 aliphatic rings. The Kier molecular flexibility index (Phi) is 3.71. The van der Waals surface area contributed by atoms with E-state index in [1.54, 1.807) is 0 Å². The lowest BCUT2D eigenvalue weighted by atomic mass is 10.0. The first-order valence-electron chi connectivity index (χ1n) is 6.82. The van der Waals surface area contributed by atoms with E-state index < -0.39 is 0 Å². The first kappa shape index (κ1) is 13.8. The highest BCUT2D eigenvalue weighted by molar-refractivity contribution is 6.30. The molecule has 108 valence electrons. The summed E-state index contributed by atoms with van der Waals surface area (Å²) in [4.78, 5) is 11.4. The molecule has 0 bridgehead atoms. The number of carbonyl (C=O) groups is 1. The fraction of sp³-hybridized carbons (Fsp3) is 0.188. The van der Waals surface area contributed by atoms with Gasteiger partial charge < -0.3 is 16.4 Å². The minimum absolute atomic E-state index is 0.0452. The number of benzene rings is 2. The molecule has 2 aromatic rings. The Bertz CT molecular complexity index is 683. The van der Waals surface area contributed by atoms with E-state index in [0.717, 1.165) is 33.9 Å². The van der Waals surface area contributed by atoms with E-state index in [-0.39, 0.29) is 5.91 Å². The van der Waals surface area contributed by atoms with Crippen LogP contribution < -0.4 is 16.4 Å². The maximum atomic E-state index is 11.4. The number of nitrogens with one attached hydrogen (secondary N) is 2. The third-order valence-corrected chi connectivity index (χ3v) is 3.82. The number of nitrogens with two attached hydrogens (primary N) is 1. The molecule has 0 aliphatic carbocycles. The Morgan fingerprint density at radius 2 is 1.95 bits per heavy atom. The molecular formula is C16H16ClN3O. The van der Waals surface area contributed by atoms with Crippen LogP contribution in [0.2, 0.25) is 5.02 Å². The number of hydrogen-bond acceptors (Lipinski definition) is 3. The predicted octanol–water partition coefficient (Wildman–Crippen LogP) is 3.42. The Morgan fingerprint density at radius 3 is 2.71 bits per heavy atom. The zero-order valence-electron chi connectivity index (χ0n) is 11.4. The van der Waals surface area contributed by atoms with E-state index >= 15 is 0 Å². The van der Waals surface area contributed by atoms with E-state index in [2.05, 4.69) is 10.6 Å². The normalized spacial score (nSPS) is 13.5. The molecule has 4 nitrogen and oxygen atoms in total. The Hall–Kier alpha value is -2.20. The minimum atomic E-state index is 0.0452. The van der Waals surface area contributed by atoms with E-state index in [4.69, 9.17) is 17.3 Å². The van der Waals surface area contributed by atoms with Gasteiger partial charge in [-0.25, -0.2) is 0 Å². The third kappa shape index (κ3) is 3.11. The number of amides is 1. The van der Waals surface area contributed by atoms with E-state index in [1.807, 2.05) is 36.4 Å². The van der Waals surface area contributed by atoms with Crippen molar-refractivity contribution in [1.29, 1.82) is 0 Å². The summed E-state index contributed by atoms with van der Waals surface area (Å²) in [7, 11) is 0. The number of fused-ring (bicyclic) bond motifs is 1. The maximum absolute atomic E-state index is 11.4. The van der Waals surface area contributed by atoms with Gasteiger partial charge >= 0.3 is 0 Å². The van der Waals surface area contributed by atoms with Crippen molar-refractivity contribution in [2.75, 3.05) is 16.4 Å². The summed E-state index contributed by atoms with van der Waals surface area (Å²) < 4.78 is 0. The molecule has 0 unspecified atom stereocenters. The highest BCUT2D eigenvalue weighted by atomic mass is 35.5. The number of carbonyl (C=O) groups excluding carboxylic acids is 1. The molecule has 2 aromatic carbocycles. The number of aryl methyl sites for hydroxylation is 1. The standard InChI is InChI=1S/C16H16ClN3O/c17-12-4-1-10(2-5-12)9-19-15-7-11-3-6-16(21)20-14(11)8-13(15)18/h1-2,4-5,7-8,19H,3,6,9,18H2,(H,20,21). The minimum Gasteiger partial charge on any atom is -0.397 e. The average Bonchev–Trinajstić information content (AvgIpc) is 2.47. The first-order chi connectivity index (χ1) is 10.1. The zero-order chi connectivity index (χ0) is 14.8. The molecule has 21 heavy (non-hydrogen) atoms. The third-order valence-electron chi connectivity index (χ3n) is 3.57. The smallest absolute Gasteiger partial charge is 0.224 e. The van der Waals surface area contributed by atoms with Gasteiger partial charge in [0.15, 0.2) is 0 Å². The molecule has 0 fully saturated rings. The first-order valence-corrected chi connectivity index (χ1v) is 7.20. The quantitative estimate of drug-likeness (QED) is 0.761. The van der Waals surface area contributed by atoms with Gasteiger partial charge in [0.2, 0.25) is 5.91 Å². The summed E-state index contributed by atoms with van der Waals surface area (Å²) in [5.74, 6) is 0.0452. The van der Waals surface area contributed by atoms with Gasteiger partial charge in [-0.3, -0.25) is 4.79 Å². The van der Waals surface area contributed by atoms with Crippen LogP contribution in [0, 0.1) is 0 Å². The van der Waals surface area contributed by atoms with Crippen molar-refractivity contribution < 1.29 is 4.79 Å². The van der Waals surface area contributed by atoms with Crippen molar-refractivity contribution in [2.24, 2.45) is 0 Å². The van der Waals surface area contributed by atoms with Crippen LogP contribution in [0.5, 0.6) is 0 Å². The SMILES string of the molecule is Nc1cc2c(cc1NCc1ccc(Cl)cc1)CCC(=O)N2. The van der Waals surface area contributed by atoms with Gasteiger partial charge in [-0.05, 0) is 41.8 Å². The topological polar surface area (TPSA) is 67.1 Å². The van der Waals surface area contributed by atoms with E-state index in [9.17, 15) is 4.79 Å². The number of nitrogen functional groups attached to an aromatic ring is 1. The number of anilines is 3. The van der Waals surface area contributed by atoms with Crippen LogP contribution in [0.1, 0.15) is 17.5 Å². The molecule has 0 saturated carbocycles. The average molecular weight is 302 g/mol. The number of hydrogen-bond donors (Lipinski definition) is 3. The van der Waals surface area contributed by atoms with Crippen molar-refractivity contribution in [3.8, 4) is 0 Å². The monoisotopic (exact) mass is 301 g/mol. The zero-order valence-corrected chi connectivity index (χ0v) is 12.2. The molecule has 0 aromatic heterocycles. The van der Waals surface area contributed by atoms with E-state index in [1.165, 1.54) is 0 Å². The van der Waals surface area contributed by atoms with Crippen molar-refractivity contribution in [1.82, 2.24) is 0 Å². The van der Waals surface area contributed by atoms with Gasteiger partial charge in [-0.2, -0.15) is 0 Å². The molecule has 5 heteroatoms. The lowest BCUT2D eigenvalue weighted by Gasteiger charge is -2.19. The van der Waals surface area contributed by atoms with Crippen LogP contribution in [0.4, 0.5) is 17.1 Å². The largest absolute Gasteiger partial charge is 0.397 e. The van der Waals surface area contributed by atoms with Crippen LogP contribution in [-0.4, -0.2) is 5.91 Å². The molecule has 0 saturated heterocycles. The summed E-state index contributed by atoms with van der Waals surface area (Å²) >= 11 is 5.87. The lowest BCUT2D eigenvalue weighted by Crippen LogP contribution is -2.19. The molecular weight excluding hydrogens is 286 g/mol. The summed E-state index contributed by atoms with van der Waals surface area (Å²) in [6, 6.07) is 11.5. The molecule has 1 amide bonds. The number of rotatable bonds is 3. The molecule has 0 spiro atoms. The summed E-state index contributed by atoms with van der Waals surface area (Å²) in [6.45, 7) is 0.673. The van der Waals surface area contributed by atoms with Crippen molar-refractivity contribution >= 4 is 34.6 Å². The van der Waals surface area contributed by atoms with Crippen LogP contribution >= 0.6 is 11.6 Å². The van der Waals surface area contributed by atoms with Gasteiger partial charge in [-0.1, -0.05) is 23.7 Å². The Balaban J connectivity index is 1.76. The number of halogens is 1. The maximum Gasteiger partial charge on any atom is 0.224 e. The van der Waals surface area contributed by atoms with Crippen molar-refractivity contribution in [3.05, 3.63) is 52.5 Å². The Labute approximate surface area is 128 Å². The molecule has 0 radical (unpaired) electrons.